The molecule has 2 bridgehead atoms. The van der Waals surface area contributed by atoms with Gasteiger partial charge in [-0.25, -0.2) is 19.3 Å². The molecular formula is C77H98N15O16PS. The predicted octanol–water partition coefficient (Wildman–Crippen LogP) is 8.84. The van der Waals surface area contributed by atoms with Crippen molar-refractivity contribution in [2.24, 2.45) is 11.3 Å². The number of phenolic OH excluding ortho intramolecular Hbond substituents is 1. The molecule has 7 aromatic rings. The van der Waals surface area contributed by atoms with Gasteiger partial charge in [0.25, 0.3) is 5.88 Å². The normalized spacial score (nSPS) is 20.0. The highest BCUT2D eigenvalue weighted by molar-refractivity contribution is 7.46. The quantitative estimate of drug-likeness (QED) is 0.0108. The number of aliphatic carboxylic acids is 1. The number of ether oxygens (including phenoxy) is 3. The van der Waals surface area contributed by atoms with E-state index in [1.807, 2.05) is 89.2 Å². The fraction of sp³-hybridized carbons (Fsp3) is 0.494. The molecule has 8 N–H and O–H groups in total. The van der Waals surface area contributed by atoms with Crippen molar-refractivity contribution in [3.05, 3.63) is 131 Å². The van der Waals surface area contributed by atoms with E-state index < -0.39 is 79.1 Å². The number of anilines is 4. The first-order valence-electron chi connectivity index (χ1n) is 37.5. The topological polar surface area (TPSA) is 382 Å². The van der Waals surface area contributed by atoms with Gasteiger partial charge < -0.3 is 74.3 Å². The lowest BCUT2D eigenvalue weighted by atomic mass is 9.68. The van der Waals surface area contributed by atoms with Gasteiger partial charge in [-0.15, -0.1) is 21.5 Å². The Bertz CT molecular complexity index is 4410. The highest BCUT2D eigenvalue weighted by atomic mass is 32.1. The average molecular weight is 1550 g/mol. The molecule has 33 heteroatoms. The maximum atomic E-state index is 14.6. The molecule has 4 aromatic heterocycles. The van der Waals surface area contributed by atoms with E-state index in [1.165, 1.54) is 16.2 Å². The molecule has 110 heavy (non-hydrogen) atoms. The molecule has 588 valence electrons. The summed E-state index contributed by atoms with van der Waals surface area (Å²) < 4.78 is 41.1. The third kappa shape index (κ3) is 19.5. The Kier molecular flexibility index (Phi) is 25.8. The number of benzene rings is 3. The van der Waals surface area contributed by atoms with Gasteiger partial charge in [0, 0.05) is 112 Å². The van der Waals surface area contributed by atoms with Crippen LogP contribution in [0.25, 0.3) is 21.7 Å². The monoisotopic (exact) mass is 1550 g/mol. The number of aromatic hydroxyl groups is 1. The Morgan fingerprint density at radius 1 is 0.827 bits per heavy atom. The zero-order chi connectivity index (χ0) is 78.0. The lowest BCUT2D eigenvalue weighted by molar-refractivity contribution is -0.162. The van der Waals surface area contributed by atoms with E-state index >= 15 is 0 Å². The lowest BCUT2D eigenvalue weighted by Gasteiger charge is -2.43. The van der Waals surface area contributed by atoms with E-state index in [-0.39, 0.29) is 86.3 Å². The van der Waals surface area contributed by atoms with Gasteiger partial charge in [0.1, 0.15) is 49.0 Å². The number of rotatable bonds is 33. The molecule has 2 unspecified atom stereocenters. The van der Waals surface area contributed by atoms with Crippen molar-refractivity contribution in [3.8, 4) is 39.2 Å². The Morgan fingerprint density at radius 3 is 2.24 bits per heavy atom. The van der Waals surface area contributed by atoms with Gasteiger partial charge in [-0.05, 0) is 151 Å². The number of carbonyl (C=O) groups is 6. The van der Waals surface area contributed by atoms with Crippen molar-refractivity contribution in [3.63, 3.8) is 0 Å². The van der Waals surface area contributed by atoms with Crippen molar-refractivity contribution >= 4 is 77.7 Å². The fourth-order valence-corrected chi connectivity index (χ4v) is 16.7. The van der Waals surface area contributed by atoms with E-state index in [1.54, 1.807) is 66.3 Å². The van der Waals surface area contributed by atoms with Crippen LogP contribution in [0, 0.1) is 18.3 Å². The minimum Gasteiger partial charge on any atom is -0.507 e. The summed E-state index contributed by atoms with van der Waals surface area (Å²) in [5.74, 6) is -3.41. The van der Waals surface area contributed by atoms with Gasteiger partial charge in [-0.1, -0.05) is 68.8 Å². The van der Waals surface area contributed by atoms with Gasteiger partial charge >= 0.3 is 19.9 Å². The number of carboxylic acids is 1. The number of likely N-dealkylation sites (tertiary alicyclic amines) is 1. The highest BCUT2D eigenvalue weighted by Gasteiger charge is 2.52. The smallest absolute Gasteiger partial charge is 0.469 e. The number of hydrogen-bond acceptors (Lipinski definition) is 24. The van der Waals surface area contributed by atoms with Crippen LogP contribution in [0.15, 0.2) is 113 Å². The number of carbonyl (C=O) groups excluding carboxylic acids is 5. The number of hydrogen-bond donors (Lipinski definition) is 8. The van der Waals surface area contributed by atoms with Gasteiger partial charge in [-0.2, -0.15) is 0 Å². The number of phosphoric ester groups is 1. The van der Waals surface area contributed by atoms with E-state index in [2.05, 4.69) is 73.1 Å². The number of piperazine rings is 2. The van der Waals surface area contributed by atoms with Gasteiger partial charge in [-0.3, -0.25) is 43.6 Å². The van der Waals surface area contributed by atoms with Gasteiger partial charge in [0.05, 0.1) is 39.6 Å². The van der Waals surface area contributed by atoms with Crippen LogP contribution >= 0.6 is 19.2 Å². The second-order valence-corrected chi connectivity index (χ2v) is 31.8. The molecule has 4 aliphatic heterocycles. The minimum absolute atomic E-state index is 0.0251. The third-order valence-electron chi connectivity index (χ3n) is 21.4. The number of aryl methyl sites for hydroxylation is 1. The molecule has 31 nitrogen and oxygen atoms in total. The summed E-state index contributed by atoms with van der Waals surface area (Å²) >= 11 is 1.54. The molecule has 4 saturated heterocycles. The number of pyridine rings is 1. The Labute approximate surface area is 642 Å². The van der Waals surface area contributed by atoms with Crippen LogP contribution in [-0.4, -0.2) is 223 Å². The summed E-state index contributed by atoms with van der Waals surface area (Å²) in [6.45, 7) is 15.5. The standard InChI is InChI=1S/C77H98N15O16PS/c1-47(2)68(73(96)91-44-58(108-109(101,102)103)38-63(91)72(95)80-49(4)52-18-20-53(21-19-52)69-50(5)79-46-110-69)65-40-67(86-107-65)105-35-33-88-31-32-89(48(3)41-88)34-36-104-66-37-55(26-29-78-66)92-56-24-25-57(92)43-90(42-56)62-39-61(59-13-8-9-15-64(59)93)84-85-70(62)83-76(100)106-45-51-16-22-54(23-17-51)81-71(94)60(14-10-11-30-87(6)7)82-74(97)77(75(98)99)27-12-28-77/h8-9,13,15-23,26,29,37,39-40,46-49,56-58,60,63,68,93H,10-12,14,24-25,27-28,30-36,38,41-45H2,1-7H3,(H,80,95)(H,81,94)(H,82,97)(H,98,99)(H,83,85,100)(H2,101,102,103)/t48-,49+,56?,57?,58-,60+,63+,68-/m1/s1. The zero-order valence-electron chi connectivity index (χ0n) is 62.9. The van der Waals surface area contributed by atoms with Crippen molar-refractivity contribution < 1.29 is 76.6 Å². The van der Waals surface area contributed by atoms with Crippen LogP contribution in [-0.2, 0) is 44.4 Å². The van der Waals surface area contributed by atoms with E-state index in [9.17, 15) is 53.3 Å². The number of unbranched alkanes of at least 4 members (excludes halogenated alkanes) is 1. The largest absolute Gasteiger partial charge is 0.507 e. The van der Waals surface area contributed by atoms with Crippen LogP contribution in [0.3, 0.4) is 0 Å². The lowest BCUT2D eigenvalue weighted by Crippen LogP contribution is -2.55. The first-order valence-corrected chi connectivity index (χ1v) is 39.9. The number of nitrogens with zero attached hydrogens (tertiary/aromatic N) is 11. The number of aromatic nitrogens is 5. The molecule has 8 atom stereocenters. The molecule has 0 spiro atoms. The Morgan fingerprint density at radius 2 is 1.56 bits per heavy atom. The van der Waals surface area contributed by atoms with Crippen LogP contribution in [0.4, 0.5) is 27.7 Å². The number of para-hydroxylation sites is 1. The van der Waals surface area contributed by atoms with Crippen LogP contribution < -0.4 is 40.5 Å². The summed E-state index contributed by atoms with van der Waals surface area (Å²) in [5, 5.41) is 45.3. The molecule has 12 rings (SSSR count). The SMILES string of the molecule is Cc1ncsc1-c1ccc([C@H](C)NC(=O)[C@@H]2C[C@@H](OP(=O)(O)O)CN2C(=O)[C@@H](c2cc(OCCN3CCN(CCOc4cc(N5C6CCC5CN(c5cc(-c7ccccc7O)nnc5NC(=O)OCc5ccc(NC(=O)[C@H](CCCCN(C)C)NC(=O)C7(C(=O)O)CCC7)cc5)C6)ccn4)[C@H](C)C3)no2)C(C)C)cc1. The van der Waals surface area contributed by atoms with Gasteiger partial charge in [0.2, 0.25) is 29.5 Å². The summed E-state index contributed by atoms with van der Waals surface area (Å²) in [4.78, 5) is 124. The number of amides is 5. The third-order valence-corrected chi connectivity index (χ3v) is 23.0. The fourth-order valence-electron chi connectivity index (χ4n) is 15.3. The molecule has 1 aliphatic carbocycles. The first-order chi connectivity index (χ1) is 52.8. The summed E-state index contributed by atoms with van der Waals surface area (Å²) in [7, 11) is -1.07. The Balaban J connectivity index is 0.604. The second kappa shape index (κ2) is 35.6. The van der Waals surface area contributed by atoms with Crippen LogP contribution in [0.1, 0.15) is 120 Å². The van der Waals surface area contributed by atoms with E-state index in [4.69, 9.17) is 23.3 Å². The van der Waals surface area contributed by atoms with Crippen LogP contribution in [0.2, 0.25) is 0 Å². The van der Waals surface area contributed by atoms with Crippen molar-refractivity contribution in [1.29, 1.82) is 0 Å². The molecule has 5 aliphatic rings. The molecule has 3 aromatic carbocycles. The molecule has 0 radical (unpaired) electrons. The van der Waals surface area contributed by atoms with E-state index in [0.29, 0.717) is 86.1 Å². The first kappa shape index (κ1) is 79.9. The average Bonchev–Trinajstić information content (AvgIpc) is 1.49. The van der Waals surface area contributed by atoms with Crippen molar-refractivity contribution in [2.45, 2.75) is 147 Å². The number of phenols is 1. The van der Waals surface area contributed by atoms with Gasteiger partial charge in [0.15, 0.2) is 11.6 Å². The summed E-state index contributed by atoms with van der Waals surface area (Å²) in [6.07, 6.45) is 4.34. The summed E-state index contributed by atoms with van der Waals surface area (Å²) in [5.41, 5.74) is 6.53. The highest BCUT2D eigenvalue weighted by Crippen LogP contribution is 2.45. The molecule has 5 amide bonds. The maximum absolute atomic E-state index is 14.6. The summed E-state index contributed by atoms with van der Waals surface area (Å²) in [6, 6.07) is 26.5. The second-order valence-electron chi connectivity index (χ2n) is 29.7. The zero-order valence-corrected chi connectivity index (χ0v) is 64.6. The van der Waals surface area contributed by atoms with Crippen molar-refractivity contribution in [1.82, 2.24) is 55.6 Å². The minimum atomic E-state index is -4.97. The number of phosphoric acid groups is 1. The molecule has 5 fully saturated rings. The van der Waals surface area contributed by atoms with Crippen LogP contribution in [0.5, 0.6) is 17.5 Å². The number of thiazole rings is 1. The number of nitrogens with one attached hydrogen (secondary N) is 4. The number of carboxylic acid groups (broad SMARTS) is 1. The maximum Gasteiger partial charge on any atom is 0.469 e. The molecular weight excluding hydrogens is 1450 g/mol. The van der Waals surface area contributed by atoms with Crippen molar-refractivity contribution in [2.75, 3.05) is 107 Å². The molecule has 8 heterocycles. The Hall–Kier alpha value is -9.66. The predicted molar refractivity (Wildman–Crippen MR) is 410 cm³/mol. The van der Waals surface area contributed by atoms with E-state index in [0.717, 1.165) is 72.8 Å². The molecule has 1 saturated carbocycles. The number of fused-ring (bicyclic) bond motifs is 2.